The lowest BCUT2D eigenvalue weighted by atomic mass is 10.2. The number of amides is 3. The maximum Gasteiger partial charge on any atom is 0.321 e. The smallest absolute Gasteiger partial charge is 0.321 e. The van der Waals surface area contributed by atoms with Crippen molar-refractivity contribution in [2.24, 2.45) is 0 Å². The molecule has 28 heavy (non-hydrogen) atoms. The minimum absolute atomic E-state index is 0.393. The average Bonchev–Trinajstić information content (AvgIpc) is 3.33. The highest BCUT2D eigenvalue weighted by molar-refractivity contribution is 8.00. The lowest BCUT2D eigenvalue weighted by molar-refractivity contribution is -0.119. The summed E-state index contributed by atoms with van der Waals surface area (Å²) in [6.45, 7) is 2.08. The number of carbonyl (C=O) groups excluding carboxylic acids is 2. The minimum atomic E-state index is -0.560. The Kier molecular flexibility index (Phi) is 6.37. The van der Waals surface area contributed by atoms with Gasteiger partial charge in [0.1, 0.15) is 5.76 Å². The molecule has 0 radical (unpaired) electrons. The predicted molar refractivity (Wildman–Crippen MR) is 106 cm³/mol. The molecule has 0 bridgehead atoms. The zero-order valence-corrected chi connectivity index (χ0v) is 16.8. The second-order valence-corrected chi connectivity index (χ2v) is 7.55. The molecule has 10 heteroatoms. The van der Waals surface area contributed by atoms with Gasteiger partial charge in [0.25, 0.3) is 0 Å². The molecule has 146 valence electrons. The summed E-state index contributed by atoms with van der Waals surface area (Å²) in [5.74, 6) is 0.916. The van der Waals surface area contributed by atoms with Crippen LogP contribution >= 0.6 is 23.4 Å². The number of thioether (sulfide) groups is 1. The molecule has 3 aromatic rings. The molecule has 2 heterocycles. The lowest BCUT2D eigenvalue weighted by Gasteiger charge is -2.12. The minimum Gasteiger partial charge on any atom is -0.467 e. The standard InChI is InChI=1S/C18H18ClN5O3S/c1-11(16(25)21-17(26)20-2)28-18-23-22-15(12-5-7-13(19)8-6-12)24(18)10-14-4-3-9-27-14/h3-9,11H,10H2,1-2H3,(H2,20,21,25,26). The average molecular weight is 420 g/mol. The van der Waals surface area contributed by atoms with E-state index >= 15 is 0 Å². The number of nitrogens with one attached hydrogen (secondary N) is 2. The Morgan fingerprint density at radius 2 is 2.00 bits per heavy atom. The Morgan fingerprint density at radius 1 is 1.25 bits per heavy atom. The molecular formula is C18H18ClN5O3S. The van der Waals surface area contributed by atoms with Crippen LogP contribution in [-0.4, -0.2) is 39.0 Å². The van der Waals surface area contributed by atoms with Crippen LogP contribution in [0.3, 0.4) is 0 Å². The molecule has 0 aliphatic rings. The Morgan fingerprint density at radius 3 is 2.64 bits per heavy atom. The molecule has 0 saturated carbocycles. The van der Waals surface area contributed by atoms with Crippen LogP contribution in [0.25, 0.3) is 11.4 Å². The van der Waals surface area contributed by atoms with Crippen molar-refractivity contribution < 1.29 is 14.0 Å². The number of furan rings is 1. The number of hydrogen-bond acceptors (Lipinski definition) is 6. The van der Waals surface area contributed by atoms with E-state index in [1.54, 1.807) is 31.4 Å². The van der Waals surface area contributed by atoms with Crippen molar-refractivity contribution in [3.05, 3.63) is 53.4 Å². The van der Waals surface area contributed by atoms with E-state index in [-0.39, 0.29) is 0 Å². The normalized spacial score (nSPS) is 11.8. The van der Waals surface area contributed by atoms with Crippen molar-refractivity contribution in [1.29, 1.82) is 0 Å². The molecule has 1 aromatic carbocycles. The van der Waals surface area contributed by atoms with E-state index < -0.39 is 17.2 Å². The van der Waals surface area contributed by atoms with E-state index in [0.29, 0.717) is 22.5 Å². The van der Waals surface area contributed by atoms with Crippen LogP contribution in [0.5, 0.6) is 0 Å². The van der Waals surface area contributed by atoms with E-state index in [4.69, 9.17) is 16.0 Å². The van der Waals surface area contributed by atoms with Crippen molar-refractivity contribution in [2.45, 2.75) is 23.9 Å². The Balaban J connectivity index is 1.89. The fourth-order valence-electron chi connectivity index (χ4n) is 2.38. The first-order valence-electron chi connectivity index (χ1n) is 8.38. The van der Waals surface area contributed by atoms with E-state index in [9.17, 15) is 9.59 Å². The number of nitrogens with zero attached hydrogens (tertiary/aromatic N) is 3. The molecule has 0 fully saturated rings. The Hall–Kier alpha value is -2.78. The third-order valence-corrected chi connectivity index (χ3v) is 5.16. The Labute approximate surface area is 170 Å². The SMILES string of the molecule is CNC(=O)NC(=O)C(C)Sc1nnc(-c2ccc(Cl)cc2)n1Cc1ccco1. The summed E-state index contributed by atoms with van der Waals surface area (Å²) in [6, 6.07) is 10.3. The van der Waals surface area contributed by atoms with Crippen LogP contribution in [0.2, 0.25) is 5.02 Å². The number of carbonyl (C=O) groups is 2. The third-order valence-electron chi connectivity index (χ3n) is 3.83. The molecule has 3 rings (SSSR count). The zero-order valence-electron chi connectivity index (χ0n) is 15.2. The number of imide groups is 1. The van der Waals surface area contributed by atoms with Crippen molar-refractivity contribution in [3.8, 4) is 11.4 Å². The van der Waals surface area contributed by atoms with Gasteiger partial charge in [0.05, 0.1) is 18.1 Å². The van der Waals surface area contributed by atoms with Gasteiger partial charge in [-0.15, -0.1) is 10.2 Å². The quantitative estimate of drug-likeness (QED) is 0.595. The first kappa shape index (κ1) is 20.0. The van der Waals surface area contributed by atoms with Gasteiger partial charge in [-0.1, -0.05) is 23.4 Å². The number of benzene rings is 1. The van der Waals surface area contributed by atoms with Gasteiger partial charge in [0, 0.05) is 17.6 Å². The van der Waals surface area contributed by atoms with E-state index in [1.165, 1.54) is 18.8 Å². The number of rotatable bonds is 6. The van der Waals surface area contributed by atoms with Gasteiger partial charge in [0.2, 0.25) is 5.91 Å². The van der Waals surface area contributed by atoms with Crippen LogP contribution in [0.1, 0.15) is 12.7 Å². The fraction of sp³-hybridized carbons (Fsp3) is 0.222. The summed E-state index contributed by atoms with van der Waals surface area (Å²) >= 11 is 7.18. The van der Waals surface area contributed by atoms with E-state index in [1.807, 2.05) is 22.8 Å². The molecule has 3 amide bonds. The van der Waals surface area contributed by atoms with Crippen LogP contribution < -0.4 is 10.6 Å². The van der Waals surface area contributed by atoms with Crippen LogP contribution in [0, 0.1) is 0 Å². The second kappa shape index (κ2) is 8.94. The topological polar surface area (TPSA) is 102 Å². The predicted octanol–water partition coefficient (Wildman–Crippen LogP) is 3.18. The summed E-state index contributed by atoms with van der Waals surface area (Å²) in [4.78, 5) is 23.5. The summed E-state index contributed by atoms with van der Waals surface area (Å²) in [6.07, 6.45) is 1.59. The maximum absolute atomic E-state index is 12.2. The third kappa shape index (κ3) is 4.73. The van der Waals surface area contributed by atoms with Crippen molar-refractivity contribution in [3.63, 3.8) is 0 Å². The molecule has 2 aromatic heterocycles. The number of hydrogen-bond donors (Lipinski definition) is 2. The van der Waals surface area contributed by atoms with Gasteiger partial charge in [-0.2, -0.15) is 0 Å². The molecule has 1 atom stereocenters. The first-order valence-corrected chi connectivity index (χ1v) is 9.64. The summed E-state index contributed by atoms with van der Waals surface area (Å²) < 4.78 is 7.31. The van der Waals surface area contributed by atoms with Gasteiger partial charge >= 0.3 is 6.03 Å². The van der Waals surface area contributed by atoms with Gasteiger partial charge in [-0.3, -0.25) is 14.7 Å². The van der Waals surface area contributed by atoms with Crippen LogP contribution in [-0.2, 0) is 11.3 Å². The molecule has 2 N–H and O–H groups in total. The number of halogens is 1. The van der Waals surface area contributed by atoms with Crippen molar-refractivity contribution in [1.82, 2.24) is 25.4 Å². The highest BCUT2D eigenvalue weighted by Crippen LogP contribution is 2.28. The maximum atomic E-state index is 12.2. The molecule has 0 aliphatic heterocycles. The van der Waals surface area contributed by atoms with Gasteiger partial charge in [-0.05, 0) is 43.3 Å². The van der Waals surface area contributed by atoms with Crippen molar-refractivity contribution >= 4 is 35.3 Å². The number of aromatic nitrogens is 3. The molecule has 1 unspecified atom stereocenters. The summed E-state index contributed by atoms with van der Waals surface area (Å²) in [5, 5.41) is 13.7. The van der Waals surface area contributed by atoms with Gasteiger partial charge in [-0.25, -0.2) is 4.79 Å². The van der Waals surface area contributed by atoms with Crippen LogP contribution in [0.15, 0.2) is 52.2 Å². The van der Waals surface area contributed by atoms with Crippen molar-refractivity contribution in [2.75, 3.05) is 7.05 Å². The number of urea groups is 1. The fourth-order valence-corrected chi connectivity index (χ4v) is 3.35. The molecule has 0 spiro atoms. The largest absolute Gasteiger partial charge is 0.467 e. The van der Waals surface area contributed by atoms with E-state index in [0.717, 1.165) is 11.3 Å². The molecule has 0 saturated heterocycles. The summed E-state index contributed by atoms with van der Waals surface area (Å²) in [7, 11) is 1.44. The first-order chi connectivity index (χ1) is 13.5. The highest BCUT2D eigenvalue weighted by Gasteiger charge is 2.22. The monoisotopic (exact) mass is 419 g/mol. The highest BCUT2D eigenvalue weighted by atomic mass is 35.5. The van der Waals surface area contributed by atoms with Crippen LogP contribution in [0.4, 0.5) is 4.79 Å². The molecule has 8 nitrogen and oxygen atoms in total. The Bertz CT molecular complexity index is 956. The summed E-state index contributed by atoms with van der Waals surface area (Å²) in [5.41, 5.74) is 0.831. The second-order valence-electron chi connectivity index (χ2n) is 5.81. The van der Waals surface area contributed by atoms with E-state index in [2.05, 4.69) is 20.8 Å². The zero-order chi connectivity index (χ0) is 20.1. The van der Waals surface area contributed by atoms with Gasteiger partial charge < -0.3 is 9.73 Å². The molecular weight excluding hydrogens is 402 g/mol. The molecule has 0 aliphatic carbocycles. The van der Waals surface area contributed by atoms with Gasteiger partial charge in [0.15, 0.2) is 11.0 Å². The lowest BCUT2D eigenvalue weighted by Crippen LogP contribution is -2.41.